The Morgan fingerprint density at radius 3 is 2.29 bits per heavy atom. The van der Waals surface area contributed by atoms with Crippen LogP contribution < -0.4 is 19.5 Å². The molecule has 0 saturated carbocycles. The first-order valence-corrected chi connectivity index (χ1v) is 12.9. The highest BCUT2D eigenvalue weighted by atomic mass is 35.5. The molecule has 202 valence electrons. The molecule has 0 radical (unpaired) electrons. The second kappa shape index (κ2) is 13.4. The molecule has 3 aromatic rings. The molecule has 1 aliphatic rings. The van der Waals surface area contributed by atoms with Gasteiger partial charge in [-0.1, -0.05) is 35.9 Å². The van der Waals surface area contributed by atoms with Crippen molar-refractivity contribution in [2.24, 2.45) is 0 Å². The van der Waals surface area contributed by atoms with Crippen LogP contribution in [0.25, 0.3) is 0 Å². The van der Waals surface area contributed by atoms with E-state index in [-0.39, 0.29) is 12.1 Å². The van der Waals surface area contributed by atoms with E-state index in [4.69, 9.17) is 30.5 Å². The Hall–Kier alpha value is -3.46. The molecule has 1 N–H and O–H groups in total. The van der Waals surface area contributed by atoms with Crippen molar-refractivity contribution < 1.29 is 23.7 Å². The predicted octanol–water partition coefficient (Wildman–Crippen LogP) is 5.47. The summed E-state index contributed by atoms with van der Waals surface area (Å²) in [5.41, 5.74) is 2.71. The maximum atomic E-state index is 12.9. The van der Waals surface area contributed by atoms with Gasteiger partial charge in [-0.3, -0.25) is 4.90 Å². The molecule has 0 bridgehead atoms. The van der Waals surface area contributed by atoms with Crippen LogP contribution in [-0.4, -0.2) is 69.9 Å². The minimum absolute atomic E-state index is 0.151. The first kappa shape index (κ1) is 27.6. The van der Waals surface area contributed by atoms with Gasteiger partial charge in [-0.25, -0.2) is 4.79 Å². The van der Waals surface area contributed by atoms with Gasteiger partial charge >= 0.3 is 6.03 Å². The van der Waals surface area contributed by atoms with Gasteiger partial charge in [-0.2, -0.15) is 0 Å². The number of urea groups is 1. The highest BCUT2D eigenvalue weighted by molar-refractivity contribution is 6.30. The minimum Gasteiger partial charge on any atom is -0.497 e. The second-order valence-corrected chi connectivity index (χ2v) is 9.42. The molecule has 1 aliphatic heterocycles. The van der Waals surface area contributed by atoms with E-state index in [1.54, 1.807) is 39.5 Å². The molecule has 1 heterocycles. The number of anilines is 1. The van der Waals surface area contributed by atoms with Crippen LogP contribution in [0.1, 0.15) is 17.2 Å². The van der Waals surface area contributed by atoms with E-state index in [0.29, 0.717) is 48.5 Å². The number of benzene rings is 3. The first-order chi connectivity index (χ1) is 18.5. The summed E-state index contributed by atoms with van der Waals surface area (Å²) >= 11 is 6.13. The molecule has 4 rings (SSSR count). The number of carbonyl (C=O) groups excluding carboxylic acids is 1. The van der Waals surface area contributed by atoms with Crippen molar-refractivity contribution in [1.82, 2.24) is 9.80 Å². The van der Waals surface area contributed by atoms with Gasteiger partial charge in [0.2, 0.25) is 0 Å². The normalized spacial score (nSPS) is 14.6. The lowest BCUT2D eigenvalue weighted by Crippen LogP contribution is -2.50. The van der Waals surface area contributed by atoms with Gasteiger partial charge in [-0.15, -0.1) is 0 Å². The van der Waals surface area contributed by atoms with Crippen LogP contribution in [0, 0.1) is 0 Å². The number of methoxy groups -OCH3 is 3. The molecule has 0 aromatic heterocycles. The number of halogens is 1. The molecular weight excluding hydrogens is 506 g/mol. The van der Waals surface area contributed by atoms with E-state index in [0.717, 1.165) is 30.0 Å². The summed E-state index contributed by atoms with van der Waals surface area (Å²) in [6, 6.07) is 20.8. The number of amides is 2. The van der Waals surface area contributed by atoms with Gasteiger partial charge < -0.3 is 29.2 Å². The molecule has 1 atom stereocenters. The maximum Gasteiger partial charge on any atom is 0.322 e. The van der Waals surface area contributed by atoms with Gasteiger partial charge in [0.1, 0.15) is 17.2 Å². The van der Waals surface area contributed by atoms with Gasteiger partial charge in [0, 0.05) is 43.8 Å². The highest BCUT2D eigenvalue weighted by Crippen LogP contribution is 2.29. The van der Waals surface area contributed by atoms with Gasteiger partial charge in [0.25, 0.3) is 0 Å². The summed E-state index contributed by atoms with van der Waals surface area (Å²) < 4.78 is 22.4. The fourth-order valence-electron chi connectivity index (χ4n) is 4.35. The van der Waals surface area contributed by atoms with Crippen molar-refractivity contribution in [3.8, 4) is 17.2 Å². The number of ether oxygens (including phenoxy) is 4. The lowest BCUT2D eigenvalue weighted by molar-refractivity contribution is 0.00588. The average molecular weight is 540 g/mol. The van der Waals surface area contributed by atoms with Crippen molar-refractivity contribution >= 4 is 23.3 Å². The van der Waals surface area contributed by atoms with E-state index in [2.05, 4.69) is 10.2 Å². The number of nitrogens with one attached hydrogen (secondary N) is 1. The molecular formula is C29H34ClN3O5. The zero-order valence-electron chi connectivity index (χ0n) is 22.0. The Kier molecular flexibility index (Phi) is 9.70. The third-order valence-corrected chi connectivity index (χ3v) is 6.81. The Balaban J connectivity index is 1.35. The van der Waals surface area contributed by atoms with Gasteiger partial charge in [0.05, 0.1) is 39.7 Å². The summed E-state index contributed by atoms with van der Waals surface area (Å²) in [6.45, 7) is 3.84. The molecule has 0 aliphatic carbocycles. The lowest BCUT2D eigenvalue weighted by Gasteiger charge is -2.36. The molecule has 2 amide bonds. The van der Waals surface area contributed by atoms with E-state index in [1.807, 2.05) is 53.4 Å². The molecule has 0 unspecified atom stereocenters. The number of hydrogen-bond donors (Lipinski definition) is 1. The number of piperazine rings is 1. The smallest absolute Gasteiger partial charge is 0.322 e. The SMILES string of the molecule is COc1cccc(CO[C@@H](CN2CCN(C(=O)Nc3ccc(OC)cc3OC)CC2)c2ccc(Cl)cc2)c1. The van der Waals surface area contributed by atoms with Gasteiger partial charge in [-0.05, 0) is 47.5 Å². The highest BCUT2D eigenvalue weighted by Gasteiger charge is 2.25. The third-order valence-electron chi connectivity index (χ3n) is 6.56. The Labute approximate surface area is 229 Å². The standard InChI is InChI=1S/C29H34ClN3O5/c1-35-24-6-4-5-21(17-24)20-38-28(22-7-9-23(30)10-8-22)19-32-13-15-33(16-14-32)29(34)31-26-12-11-25(36-2)18-27(26)37-3/h4-12,17-18,28H,13-16,19-20H2,1-3H3,(H,31,34)/t28-/m0/s1. The van der Waals surface area contributed by atoms with Crippen LogP contribution in [0.2, 0.25) is 5.02 Å². The maximum absolute atomic E-state index is 12.9. The van der Waals surface area contributed by atoms with Crippen molar-refractivity contribution in [1.29, 1.82) is 0 Å². The van der Waals surface area contributed by atoms with Gasteiger partial charge in [0.15, 0.2) is 0 Å². The summed E-state index contributed by atoms with van der Waals surface area (Å²) in [5, 5.41) is 3.65. The molecule has 1 saturated heterocycles. The van der Waals surface area contributed by atoms with Crippen molar-refractivity contribution in [3.05, 3.63) is 82.9 Å². The monoisotopic (exact) mass is 539 g/mol. The van der Waals surface area contributed by atoms with Crippen LogP contribution in [-0.2, 0) is 11.3 Å². The fourth-order valence-corrected chi connectivity index (χ4v) is 4.48. The second-order valence-electron chi connectivity index (χ2n) is 8.99. The third kappa shape index (κ3) is 7.31. The summed E-state index contributed by atoms with van der Waals surface area (Å²) in [4.78, 5) is 17.1. The van der Waals surface area contributed by atoms with Crippen molar-refractivity contribution in [2.75, 3.05) is 59.4 Å². The molecule has 3 aromatic carbocycles. The van der Waals surface area contributed by atoms with Crippen molar-refractivity contribution in [2.45, 2.75) is 12.7 Å². The number of carbonyl (C=O) groups is 1. The van der Waals surface area contributed by atoms with Crippen LogP contribution in [0.3, 0.4) is 0 Å². The molecule has 9 heteroatoms. The summed E-state index contributed by atoms with van der Waals surface area (Å²) in [5.74, 6) is 2.02. The minimum atomic E-state index is -0.156. The zero-order valence-corrected chi connectivity index (χ0v) is 22.7. The number of nitrogens with zero attached hydrogens (tertiary/aromatic N) is 2. The molecule has 1 fully saturated rings. The fraction of sp³-hybridized carbons (Fsp3) is 0.345. The zero-order chi connectivity index (χ0) is 26.9. The van der Waals surface area contributed by atoms with E-state index < -0.39 is 0 Å². The van der Waals surface area contributed by atoms with Crippen molar-refractivity contribution in [3.63, 3.8) is 0 Å². The van der Waals surface area contributed by atoms with Crippen LogP contribution in [0.4, 0.5) is 10.5 Å². The average Bonchev–Trinajstić information content (AvgIpc) is 2.96. The predicted molar refractivity (Wildman–Crippen MR) is 149 cm³/mol. The number of hydrogen-bond acceptors (Lipinski definition) is 6. The van der Waals surface area contributed by atoms with E-state index in [9.17, 15) is 4.79 Å². The number of rotatable bonds is 10. The molecule has 38 heavy (non-hydrogen) atoms. The van der Waals surface area contributed by atoms with Crippen LogP contribution >= 0.6 is 11.6 Å². The topological polar surface area (TPSA) is 72.5 Å². The molecule has 8 nitrogen and oxygen atoms in total. The lowest BCUT2D eigenvalue weighted by atomic mass is 10.1. The van der Waals surface area contributed by atoms with E-state index in [1.165, 1.54) is 0 Å². The molecule has 0 spiro atoms. The van der Waals surface area contributed by atoms with E-state index >= 15 is 0 Å². The van der Waals surface area contributed by atoms with Crippen LogP contribution in [0.5, 0.6) is 17.2 Å². The quantitative estimate of drug-likeness (QED) is 0.368. The Morgan fingerprint density at radius 1 is 0.895 bits per heavy atom. The summed E-state index contributed by atoms with van der Waals surface area (Å²) in [7, 11) is 4.81. The van der Waals surface area contributed by atoms with Crippen LogP contribution in [0.15, 0.2) is 66.7 Å². The summed E-state index contributed by atoms with van der Waals surface area (Å²) in [6.07, 6.45) is -0.151. The first-order valence-electron chi connectivity index (χ1n) is 12.5. The Bertz CT molecular complexity index is 1200. The Morgan fingerprint density at radius 2 is 1.61 bits per heavy atom. The largest absolute Gasteiger partial charge is 0.497 e.